The maximum absolute atomic E-state index is 11.6. The van der Waals surface area contributed by atoms with Crippen LogP contribution in [0.4, 0.5) is 0 Å². The van der Waals surface area contributed by atoms with Crippen molar-refractivity contribution in [1.82, 2.24) is 5.32 Å². The minimum absolute atomic E-state index is 0.120. The molecule has 0 spiro atoms. The van der Waals surface area contributed by atoms with E-state index in [1.165, 1.54) is 0 Å². The van der Waals surface area contributed by atoms with Gasteiger partial charge >= 0.3 is 0 Å². The minimum Gasteiger partial charge on any atom is -0.347 e. The van der Waals surface area contributed by atoms with E-state index < -0.39 is 0 Å². The first kappa shape index (κ1) is 10.8. The van der Waals surface area contributed by atoms with Gasteiger partial charge in [-0.05, 0) is 18.6 Å². The molecule has 14 heavy (non-hydrogen) atoms. The molecular formula is C11H12ClNO. The number of carbonyl (C=O) groups excluding carboxylic acids is 1. The van der Waals surface area contributed by atoms with E-state index in [0.717, 1.165) is 5.56 Å². The molecule has 1 rings (SSSR count). The lowest BCUT2D eigenvalue weighted by Gasteiger charge is -2.05. The van der Waals surface area contributed by atoms with Gasteiger partial charge in [0.25, 0.3) is 5.91 Å². The third-order valence-corrected chi connectivity index (χ3v) is 1.96. The van der Waals surface area contributed by atoms with Gasteiger partial charge in [0.15, 0.2) is 0 Å². The van der Waals surface area contributed by atoms with Crippen LogP contribution in [0.5, 0.6) is 0 Å². The molecule has 3 heteroatoms. The van der Waals surface area contributed by atoms with Gasteiger partial charge < -0.3 is 5.32 Å². The van der Waals surface area contributed by atoms with Gasteiger partial charge in [-0.25, -0.2) is 0 Å². The Hall–Kier alpha value is -1.28. The fourth-order valence-corrected chi connectivity index (χ4v) is 1.17. The van der Waals surface area contributed by atoms with E-state index in [-0.39, 0.29) is 5.91 Å². The standard InChI is InChI=1S/C11H12ClNO/c1-8-5-3-4-6-10(8)11(14)13-7-9(2)12/h3-6H,2,7H2,1H3,(H,13,14). The lowest BCUT2D eigenvalue weighted by Crippen LogP contribution is -2.25. The lowest BCUT2D eigenvalue weighted by atomic mass is 10.1. The van der Waals surface area contributed by atoms with E-state index in [1.54, 1.807) is 6.07 Å². The summed E-state index contributed by atoms with van der Waals surface area (Å²) in [7, 11) is 0. The van der Waals surface area contributed by atoms with Gasteiger partial charge in [0.1, 0.15) is 0 Å². The fourth-order valence-electron chi connectivity index (χ4n) is 1.10. The van der Waals surface area contributed by atoms with E-state index in [9.17, 15) is 4.79 Å². The zero-order valence-electron chi connectivity index (χ0n) is 8.01. The van der Waals surface area contributed by atoms with E-state index in [0.29, 0.717) is 17.1 Å². The summed E-state index contributed by atoms with van der Waals surface area (Å²) in [5, 5.41) is 3.09. The van der Waals surface area contributed by atoms with Crippen molar-refractivity contribution in [3.8, 4) is 0 Å². The first-order valence-electron chi connectivity index (χ1n) is 4.28. The molecule has 0 atom stereocenters. The highest BCUT2D eigenvalue weighted by atomic mass is 35.5. The molecule has 0 unspecified atom stereocenters. The maximum Gasteiger partial charge on any atom is 0.251 e. The van der Waals surface area contributed by atoms with Crippen LogP contribution < -0.4 is 5.32 Å². The predicted molar refractivity (Wildman–Crippen MR) is 58.5 cm³/mol. The summed E-state index contributed by atoms with van der Waals surface area (Å²) in [6, 6.07) is 7.40. The molecule has 1 aromatic carbocycles. The highest BCUT2D eigenvalue weighted by Crippen LogP contribution is 2.06. The third-order valence-electron chi connectivity index (χ3n) is 1.83. The Morgan fingerprint density at radius 1 is 1.50 bits per heavy atom. The first-order valence-corrected chi connectivity index (χ1v) is 4.66. The Balaban J connectivity index is 2.70. The van der Waals surface area contributed by atoms with Crippen LogP contribution in [-0.2, 0) is 0 Å². The van der Waals surface area contributed by atoms with Crippen LogP contribution >= 0.6 is 11.6 Å². The van der Waals surface area contributed by atoms with Crippen molar-refractivity contribution in [3.05, 3.63) is 47.0 Å². The molecule has 0 aromatic heterocycles. The van der Waals surface area contributed by atoms with Gasteiger partial charge in [0.05, 0.1) is 6.54 Å². The van der Waals surface area contributed by atoms with Crippen molar-refractivity contribution in [2.45, 2.75) is 6.92 Å². The van der Waals surface area contributed by atoms with Crippen LogP contribution in [0.2, 0.25) is 0 Å². The van der Waals surface area contributed by atoms with Gasteiger partial charge in [0, 0.05) is 10.6 Å². The topological polar surface area (TPSA) is 29.1 Å². The Kier molecular flexibility index (Phi) is 3.72. The Morgan fingerprint density at radius 3 is 2.71 bits per heavy atom. The zero-order chi connectivity index (χ0) is 10.6. The molecule has 0 heterocycles. The summed E-state index contributed by atoms with van der Waals surface area (Å²) >= 11 is 5.54. The summed E-state index contributed by atoms with van der Waals surface area (Å²) in [5.41, 5.74) is 1.62. The van der Waals surface area contributed by atoms with Crippen molar-refractivity contribution < 1.29 is 4.79 Å². The molecule has 0 saturated heterocycles. The Morgan fingerprint density at radius 2 is 2.14 bits per heavy atom. The van der Waals surface area contributed by atoms with Crippen molar-refractivity contribution in [2.24, 2.45) is 0 Å². The van der Waals surface area contributed by atoms with Crippen LogP contribution in [0.25, 0.3) is 0 Å². The average molecular weight is 210 g/mol. The number of nitrogens with one attached hydrogen (secondary N) is 1. The molecule has 0 aliphatic carbocycles. The molecule has 74 valence electrons. The van der Waals surface area contributed by atoms with E-state index in [2.05, 4.69) is 11.9 Å². The molecule has 0 fully saturated rings. The maximum atomic E-state index is 11.6. The van der Waals surface area contributed by atoms with Gasteiger partial charge in [-0.2, -0.15) is 0 Å². The Labute approximate surface area is 88.6 Å². The minimum atomic E-state index is -0.120. The Bertz CT molecular complexity index is 360. The van der Waals surface area contributed by atoms with Gasteiger partial charge in [-0.3, -0.25) is 4.79 Å². The van der Waals surface area contributed by atoms with Crippen LogP contribution in [0.3, 0.4) is 0 Å². The van der Waals surface area contributed by atoms with Crippen molar-refractivity contribution in [3.63, 3.8) is 0 Å². The van der Waals surface area contributed by atoms with Crippen LogP contribution in [0.1, 0.15) is 15.9 Å². The van der Waals surface area contributed by atoms with E-state index in [4.69, 9.17) is 11.6 Å². The summed E-state index contributed by atoms with van der Waals surface area (Å²) < 4.78 is 0. The first-order chi connectivity index (χ1) is 6.61. The predicted octanol–water partition coefficient (Wildman–Crippen LogP) is 2.48. The number of carbonyl (C=O) groups is 1. The molecule has 1 aromatic rings. The number of rotatable bonds is 3. The van der Waals surface area contributed by atoms with Crippen LogP contribution in [-0.4, -0.2) is 12.5 Å². The van der Waals surface area contributed by atoms with Gasteiger partial charge in [-0.15, -0.1) is 0 Å². The summed E-state index contributed by atoms with van der Waals surface area (Å²) in [4.78, 5) is 11.6. The highest BCUT2D eigenvalue weighted by Gasteiger charge is 2.06. The zero-order valence-corrected chi connectivity index (χ0v) is 8.77. The lowest BCUT2D eigenvalue weighted by molar-refractivity contribution is 0.0957. The van der Waals surface area contributed by atoms with Crippen LogP contribution in [0.15, 0.2) is 35.9 Å². The number of aryl methyl sites for hydroxylation is 1. The molecule has 1 N–H and O–H groups in total. The number of halogens is 1. The molecule has 1 amide bonds. The summed E-state index contributed by atoms with van der Waals surface area (Å²) in [6.45, 7) is 5.69. The normalized spacial score (nSPS) is 9.57. The third kappa shape index (κ3) is 2.89. The molecule has 0 bridgehead atoms. The van der Waals surface area contributed by atoms with Crippen molar-refractivity contribution in [1.29, 1.82) is 0 Å². The van der Waals surface area contributed by atoms with Gasteiger partial charge in [0.2, 0.25) is 0 Å². The molecule has 0 saturated carbocycles. The second kappa shape index (κ2) is 4.82. The second-order valence-corrected chi connectivity index (χ2v) is 3.55. The quantitative estimate of drug-likeness (QED) is 0.814. The number of hydrogen-bond donors (Lipinski definition) is 1. The number of amides is 1. The number of hydrogen-bond acceptors (Lipinski definition) is 1. The SMILES string of the molecule is C=C(Cl)CNC(=O)c1ccccc1C. The van der Waals surface area contributed by atoms with E-state index in [1.807, 2.05) is 25.1 Å². The van der Waals surface area contributed by atoms with Gasteiger partial charge in [-0.1, -0.05) is 36.4 Å². The van der Waals surface area contributed by atoms with Crippen molar-refractivity contribution in [2.75, 3.05) is 6.54 Å². The number of benzene rings is 1. The van der Waals surface area contributed by atoms with Crippen molar-refractivity contribution >= 4 is 17.5 Å². The summed E-state index contributed by atoms with van der Waals surface area (Å²) in [6.07, 6.45) is 0. The summed E-state index contributed by atoms with van der Waals surface area (Å²) in [5.74, 6) is -0.120. The molecule has 2 nitrogen and oxygen atoms in total. The fraction of sp³-hybridized carbons (Fsp3) is 0.182. The van der Waals surface area contributed by atoms with E-state index >= 15 is 0 Å². The smallest absolute Gasteiger partial charge is 0.251 e. The monoisotopic (exact) mass is 209 g/mol. The molecular weight excluding hydrogens is 198 g/mol. The molecule has 0 radical (unpaired) electrons. The second-order valence-electron chi connectivity index (χ2n) is 3.01. The van der Waals surface area contributed by atoms with Crippen LogP contribution in [0, 0.1) is 6.92 Å². The highest BCUT2D eigenvalue weighted by molar-refractivity contribution is 6.29. The molecule has 0 aliphatic rings. The largest absolute Gasteiger partial charge is 0.347 e. The molecule has 0 aliphatic heterocycles. The average Bonchev–Trinajstić information content (AvgIpc) is 2.15.